The number of primary amides is 1. The molecular formula is C14H20N2O4. The summed E-state index contributed by atoms with van der Waals surface area (Å²) in [5, 5.41) is 3.31. The third kappa shape index (κ3) is 3.77. The highest BCUT2D eigenvalue weighted by Gasteiger charge is 2.18. The molecule has 1 aliphatic rings. The molecule has 1 aromatic rings. The Morgan fingerprint density at radius 3 is 2.85 bits per heavy atom. The van der Waals surface area contributed by atoms with Crippen LogP contribution in [0, 0.1) is 0 Å². The zero-order chi connectivity index (χ0) is 14.4. The van der Waals surface area contributed by atoms with E-state index in [1.54, 1.807) is 6.07 Å². The number of carbonyl (C=O) groups excluding carboxylic acids is 1. The monoisotopic (exact) mass is 280 g/mol. The highest BCUT2D eigenvalue weighted by Crippen LogP contribution is 2.38. The van der Waals surface area contributed by atoms with Crippen molar-refractivity contribution in [2.45, 2.75) is 26.3 Å². The van der Waals surface area contributed by atoms with Crippen LogP contribution in [0.15, 0.2) is 12.1 Å². The van der Waals surface area contributed by atoms with Gasteiger partial charge in [0, 0.05) is 18.2 Å². The van der Waals surface area contributed by atoms with Crippen molar-refractivity contribution in [1.29, 1.82) is 0 Å². The molecule has 0 saturated carbocycles. The molecule has 0 unspecified atom stereocenters. The van der Waals surface area contributed by atoms with Crippen LogP contribution in [0.2, 0.25) is 0 Å². The van der Waals surface area contributed by atoms with Crippen LogP contribution in [-0.2, 0) is 11.3 Å². The van der Waals surface area contributed by atoms with Crippen LogP contribution in [0.25, 0.3) is 0 Å². The minimum Gasteiger partial charge on any atom is -0.493 e. The van der Waals surface area contributed by atoms with Crippen LogP contribution >= 0.6 is 0 Å². The Kier molecular flexibility index (Phi) is 5.06. The summed E-state index contributed by atoms with van der Waals surface area (Å²) in [6, 6.07) is 3.71. The Balaban J connectivity index is 2.07. The molecule has 0 atom stereocenters. The number of rotatable bonds is 8. The van der Waals surface area contributed by atoms with Crippen LogP contribution in [0.5, 0.6) is 17.2 Å². The SMILES string of the molecule is CCCNCc1cc2c(cc1OCCC(N)=O)OCO2. The largest absolute Gasteiger partial charge is 0.493 e. The van der Waals surface area contributed by atoms with Gasteiger partial charge in [-0.05, 0) is 19.0 Å². The lowest BCUT2D eigenvalue weighted by Crippen LogP contribution is -2.17. The van der Waals surface area contributed by atoms with E-state index < -0.39 is 0 Å². The van der Waals surface area contributed by atoms with Crippen LogP contribution < -0.4 is 25.3 Å². The summed E-state index contributed by atoms with van der Waals surface area (Å²) in [4.78, 5) is 10.8. The van der Waals surface area contributed by atoms with Gasteiger partial charge in [0.2, 0.25) is 12.7 Å². The first-order valence-electron chi connectivity index (χ1n) is 6.75. The second-order valence-electron chi connectivity index (χ2n) is 4.55. The number of hydrogen-bond acceptors (Lipinski definition) is 5. The van der Waals surface area contributed by atoms with Gasteiger partial charge in [-0.15, -0.1) is 0 Å². The van der Waals surface area contributed by atoms with E-state index in [9.17, 15) is 4.79 Å². The number of nitrogens with one attached hydrogen (secondary N) is 1. The lowest BCUT2D eigenvalue weighted by molar-refractivity contribution is -0.118. The van der Waals surface area contributed by atoms with Gasteiger partial charge in [0.15, 0.2) is 11.5 Å². The van der Waals surface area contributed by atoms with Crippen molar-refractivity contribution in [2.24, 2.45) is 5.73 Å². The van der Waals surface area contributed by atoms with Gasteiger partial charge >= 0.3 is 0 Å². The molecule has 2 rings (SSSR count). The Morgan fingerprint density at radius 2 is 2.15 bits per heavy atom. The van der Waals surface area contributed by atoms with Gasteiger partial charge in [-0.2, -0.15) is 0 Å². The van der Waals surface area contributed by atoms with Crippen molar-refractivity contribution in [2.75, 3.05) is 19.9 Å². The number of carbonyl (C=O) groups is 1. The van der Waals surface area contributed by atoms with E-state index in [1.165, 1.54) is 0 Å². The van der Waals surface area contributed by atoms with Crippen LogP contribution in [0.1, 0.15) is 25.3 Å². The number of ether oxygens (including phenoxy) is 3. The average molecular weight is 280 g/mol. The molecule has 1 heterocycles. The van der Waals surface area contributed by atoms with Gasteiger partial charge < -0.3 is 25.3 Å². The molecule has 3 N–H and O–H groups in total. The number of benzene rings is 1. The van der Waals surface area contributed by atoms with Crippen LogP contribution in [-0.4, -0.2) is 25.9 Å². The molecule has 1 aliphatic heterocycles. The normalized spacial score (nSPS) is 12.4. The maximum atomic E-state index is 10.8. The summed E-state index contributed by atoms with van der Waals surface area (Å²) in [6.45, 7) is 4.19. The van der Waals surface area contributed by atoms with Crippen molar-refractivity contribution in [3.8, 4) is 17.2 Å². The number of fused-ring (bicyclic) bond motifs is 1. The molecule has 20 heavy (non-hydrogen) atoms. The standard InChI is InChI=1S/C14H20N2O4/c1-2-4-16-8-10-6-12-13(20-9-19-12)7-11(10)18-5-3-14(15)17/h6-7,16H,2-5,8-9H2,1H3,(H2,15,17). The average Bonchev–Trinajstić information content (AvgIpc) is 2.85. The molecule has 0 aliphatic carbocycles. The number of hydrogen-bond donors (Lipinski definition) is 2. The minimum atomic E-state index is -0.378. The fourth-order valence-electron chi connectivity index (χ4n) is 1.90. The van der Waals surface area contributed by atoms with E-state index in [1.807, 2.05) is 6.07 Å². The summed E-state index contributed by atoms with van der Waals surface area (Å²) in [7, 11) is 0. The third-order valence-electron chi connectivity index (χ3n) is 2.90. The first-order chi connectivity index (χ1) is 9.70. The molecule has 0 saturated heterocycles. The zero-order valence-electron chi connectivity index (χ0n) is 11.6. The highest BCUT2D eigenvalue weighted by atomic mass is 16.7. The van der Waals surface area contributed by atoms with Gasteiger partial charge in [-0.25, -0.2) is 0 Å². The first-order valence-corrected chi connectivity index (χ1v) is 6.75. The lowest BCUT2D eigenvalue weighted by atomic mass is 10.1. The fourth-order valence-corrected chi connectivity index (χ4v) is 1.90. The molecule has 1 amide bonds. The van der Waals surface area contributed by atoms with Gasteiger partial charge in [0.1, 0.15) is 5.75 Å². The summed E-state index contributed by atoms with van der Waals surface area (Å²) < 4.78 is 16.3. The predicted octanol–water partition coefficient (Wildman–Crippen LogP) is 1.17. The van der Waals surface area contributed by atoms with E-state index in [-0.39, 0.29) is 25.7 Å². The molecule has 0 bridgehead atoms. The quantitative estimate of drug-likeness (QED) is 0.698. The zero-order valence-corrected chi connectivity index (χ0v) is 11.6. The third-order valence-corrected chi connectivity index (χ3v) is 2.90. The molecule has 0 aromatic heterocycles. The van der Waals surface area contributed by atoms with Crippen LogP contribution in [0.4, 0.5) is 0 Å². The Labute approximate surface area is 118 Å². The van der Waals surface area contributed by atoms with Crippen molar-refractivity contribution < 1.29 is 19.0 Å². The van der Waals surface area contributed by atoms with E-state index in [0.29, 0.717) is 18.0 Å². The van der Waals surface area contributed by atoms with E-state index in [2.05, 4.69) is 12.2 Å². The maximum absolute atomic E-state index is 10.8. The highest BCUT2D eigenvalue weighted by molar-refractivity contribution is 5.73. The predicted molar refractivity (Wildman–Crippen MR) is 73.9 cm³/mol. The van der Waals surface area contributed by atoms with E-state index in [0.717, 1.165) is 24.3 Å². The molecular weight excluding hydrogens is 260 g/mol. The molecule has 0 radical (unpaired) electrons. The lowest BCUT2D eigenvalue weighted by Gasteiger charge is -2.12. The van der Waals surface area contributed by atoms with Crippen molar-refractivity contribution in [3.63, 3.8) is 0 Å². The van der Waals surface area contributed by atoms with Gasteiger partial charge in [0.05, 0.1) is 13.0 Å². The van der Waals surface area contributed by atoms with Gasteiger partial charge in [-0.1, -0.05) is 6.92 Å². The summed E-state index contributed by atoms with van der Waals surface area (Å²) in [5.41, 5.74) is 6.09. The summed E-state index contributed by atoms with van der Waals surface area (Å²) >= 11 is 0. The smallest absolute Gasteiger partial charge is 0.231 e. The van der Waals surface area contributed by atoms with Crippen molar-refractivity contribution in [3.05, 3.63) is 17.7 Å². The molecule has 0 fully saturated rings. The van der Waals surface area contributed by atoms with Gasteiger partial charge in [0.25, 0.3) is 0 Å². The molecule has 6 heteroatoms. The summed E-state index contributed by atoms with van der Waals surface area (Å²) in [6.07, 6.45) is 1.25. The second kappa shape index (κ2) is 7.00. The molecule has 6 nitrogen and oxygen atoms in total. The first kappa shape index (κ1) is 14.5. The Hall–Kier alpha value is -1.95. The minimum absolute atomic E-state index is 0.191. The molecule has 0 spiro atoms. The van der Waals surface area contributed by atoms with Crippen molar-refractivity contribution in [1.82, 2.24) is 5.32 Å². The number of amides is 1. The second-order valence-corrected chi connectivity index (χ2v) is 4.55. The molecule has 110 valence electrons. The van der Waals surface area contributed by atoms with Crippen LogP contribution in [0.3, 0.4) is 0 Å². The van der Waals surface area contributed by atoms with Gasteiger partial charge in [-0.3, -0.25) is 4.79 Å². The maximum Gasteiger partial charge on any atom is 0.231 e. The van der Waals surface area contributed by atoms with E-state index >= 15 is 0 Å². The Bertz CT molecular complexity index is 476. The summed E-state index contributed by atoms with van der Waals surface area (Å²) in [5.74, 6) is 1.70. The van der Waals surface area contributed by atoms with Crippen molar-refractivity contribution >= 4 is 5.91 Å². The Morgan fingerprint density at radius 1 is 1.40 bits per heavy atom. The topological polar surface area (TPSA) is 82.8 Å². The molecule has 1 aromatic carbocycles. The van der Waals surface area contributed by atoms with E-state index in [4.69, 9.17) is 19.9 Å². The fraction of sp³-hybridized carbons (Fsp3) is 0.500. The number of nitrogens with two attached hydrogens (primary N) is 1.